The van der Waals surface area contributed by atoms with Gasteiger partial charge in [-0.15, -0.1) is 0 Å². The number of hydrogen-bond donors (Lipinski definition) is 0. The average Bonchev–Trinajstić information content (AvgIpc) is 3.17. The Balaban J connectivity index is 1.48. The van der Waals surface area contributed by atoms with Crippen LogP contribution in [0.25, 0.3) is 6.08 Å². The van der Waals surface area contributed by atoms with E-state index in [0.717, 1.165) is 38.3 Å². The second-order valence-electron chi connectivity index (χ2n) is 5.51. The van der Waals surface area contributed by atoms with E-state index in [0.29, 0.717) is 0 Å². The minimum Gasteiger partial charge on any atom is -0.337 e. The van der Waals surface area contributed by atoms with E-state index in [1.54, 1.807) is 28.3 Å². The van der Waals surface area contributed by atoms with E-state index in [9.17, 15) is 4.79 Å². The molecule has 0 saturated carbocycles. The molecule has 0 spiro atoms. The lowest BCUT2D eigenvalue weighted by atomic mass is 10.2. The summed E-state index contributed by atoms with van der Waals surface area (Å²) in [5.41, 5.74) is 2.31. The molecule has 0 atom stereocenters. The highest BCUT2D eigenvalue weighted by Crippen LogP contribution is 2.12. The molecule has 2 aromatic rings. The standard InChI is InChI=1S/C16H20N4OS/c1-18-11-14(10-17-18)2-3-16(21)20-7-5-19(6-8-20)12-15-4-9-22-13-15/h2-4,9-11,13H,5-8,12H2,1H3/b3-2+. The van der Waals surface area contributed by atoms with E-state index in [-0.39, 0.29) is 5.91 Å². The van der Waals surface area contributed by atoms with E-state index < -0.39 is 0 Å². The van der Waals surface area contributed by atoms with Crippen molar-refractivity contribution in [3.8, 4) is 0 Å². The zero-order valence-corrected chi connectivity index (χ0v) is 13.5. The number of amides is 1. The van der Waals surface area contributed by atoms with Gasteiger partial charge in [-0.2, -0.15) is 16.4 Å². The van der Waals surface area contributed by atoms with Gasteiger partial charge in [0.1, 0.15) is 0 Å². The molecule has 3 heterocycles. The third-order valence-corrected chi connectivity index (χ3v) is 4.55. The topological polar surface area (TPSA) is 41.4 Å². The first-order valence-electron chi connectivity index (χ1n) is 7.40. The number of rotatable bonds is 4. The van der Waals surface area contributed by atoms with Crippen LogP contribution in [0.2, 0.25) is 0 Å². The average molecular weight is 316 g/mol. The molecule has 1 aliphatic heterocycles. The summed E-state index contributed by atoms with van der Waals surface area (Å²) in [7, 11) is 1.87. The van der Waals surface area contributed by atoms with Crippen LogP contribution in [0.3, 0.4) is 0 Å². The maximum atomic E-state index is 12.2. The number of nitrogens with zero attached hydrogens (tertiary/aromatic N) is 4. The predicted octanol–water partition coefficient (Wildman–Crippen LogP) is 1.84. The molecule has 0 bridgehead atoms. The number of hydrogen-bond acceptors (Lipinski definition) is 4. The first kappa shape index (κ1) is 15.0. The van der Waals surface area contributed by atoms with Crippen molar-refractivity contribution < 1.29 is 4.79 Å². The van der Waals surface area contributed by atoms with Gasteiger partial charge in [0.2, 0.25) is 5.91 Å². The van der Waals surface area contributed by atoms with E-state index in [1.165, 1.54) is 5.56 Å². The van der Waals surface area contributed by atoms with Gasteiger partial charge in [-0.05, 0) is 28.5 Å². The summed E-state index contributed by atoms with van der Waals surface area (Å²) in [6.45, 7) is 4.43. The van der Waals surface area contributed by atoms with Gasteiger partial charge < -0.3 is 4.90 Å². The van der Waals surface area contributed by atoms with Crippen LogP contribution in [0.5, 0.6) is 0 Å². The molecular formula is C16H20N4OS. The van der Waals surface area contributed by atoms with Crippen LogP contribution in [0, 0.1) is 0 Å². The van der Waals surface area contributed by atoms with Gasteiger partial charge in [-0.25, -0.2) is 0 Å². The van der Waals surface area contributed by atoms with Crippen LogP contribution in [-0.2, 0) is 18.4 Å². The molecule has 0 N–H and O–H groups in total. The Hall–Kier alpha value is -1.92. The second kappa shape index (κ2) is 6.89. The molecule has 1 saturated heterocycles. The normalized spacial score (nSPS) is 16.5. The SMILES string of the molecule is Cn1cc(/C=C/C(=O)N2CCN(Cc3ccsc3)CC2)cn1. The minimum atomic E-state index is 0.0824. The summed E-state index contributed by atoms with van der Waals surface area (Å²) < 4.78 is 1.73. The van der Waals surface area contributed by atoms with Crippen molar-refractivity contribution in [3.63, 3.8) is 0 Å². The molecule has 2 aromatic heterocycles. The fraction of sp³-hybridized carbons (Fsp3) is 0.375. The van der Waals surface area contributed by atoms with Crippen molar-refractivity contribution in [3.05, 3.63) is 46.4 Å². The molecule has 1 amide bonds. The monoisotopic (exact) mass is 316 g/mol. The van der Waals surface area contributed by atoms with Crippen molar-refractivity contribution in [1.29, 1.82) is 0 Å². The van der Waals surface area contributed by atoms with Gasteiger partial charge in [-0.1, -0.05) is 0 Å². The largest absolute Gasteiger partial charge is 0.337 e. The Bertz CT molecular complexity index is 639. The van der Waals surface area contributed by atoms with E-state index in [2.05, 4.69) is 26.8 Å². The summed E-state index contributed by atoms with van der Waals surface area (Å²) in [5, 5.41) is 8.39. The summed E-state index contributed by atoms with van der Waals surface area (Å²) in [6, 6.07) is 2.17. The minimum absolute atomic E-state index is 0.0824. The Labute approximate surface area is 134 Å². The lowest BCUT2D eigenvalue weighted by Gasteiger charge is -2.34. The molecule has 0 radical (unpaired) electrons. The number of carbonyl (C=O) groups is 1. The fourth-order valence-corrected chi connectivity index (χ4v) is 3.23. The number of piperazine rings is 1. The van der Waals surface area contributed by atoms with E-state index in [1.807, 2.05) is 24.2 Å². The third-order valence-electron chi connectivity index (χ3n) is 3.81. The molecule has 6 heteroatoms. The van der Waals surface area contributed by atoms with Gasteiger partial charge in [-0.3, -0.25) is 14.4 Å². The van der Waals surface area contributed by atoms with Crippen LogP contribution in [0.4, 0.5) is 0 Å². The molecule has 22 heavy (non-hydrogen) atoms. The van der Waals surface area contributed by atoms with Crippen LogP contribution < -0.4 is 0 Å². The smallest absolute Gasteiger partial charge is 0.246 e. The molecule has 1 fully saturated rings. The Kier molecular flexibility index (Phi) is 4.70. The van der Waals surface area contributed by atoms with E-state index >= 15 is 0 Å². The van der Waals surface area contributed by atoms with Gasteiger partial charge in [0.25, 0.3) is 0 Å². The van der Waals surface area contributed by atoms with Gasteiger partial charge in [0, 0.05) is 57.6 Å². The summed E-state index contributed by atoms with van der Waals surface area (Å²) >= 11 is 1.73. The van der Waals surface area contributed by atoms with Crippen LogP contribution in [0.1, 0.15) is 11.1 Å². The Morgan fingerprint density at radius 3 is 2.82 bits per heavy atom. The number of carbonyl (C=O) groups excluding carboxylic acids is 1. The van der Waals surface area contributed by atoms with E-state index in [4.69, 9.17) is 0 Å². The van der Waals surface area contributed by atoms with Crippen molar-refractivity contribution >= 4 is 23.3 Å². The van der Waals surface area contributed by atoms with Gasteiger partial charge in [0.15, 0.2) is 0 Å². The predicted molar refractivity (Wildman–Crippen MR) is 88.4 cm³/mol. The van der Waals surface area contributed by atoms with Crippen molar-refractivity contribution in [1.82, 2.24) is 19.6 Å². The Morgan fingerprint density at radius 2 is 2.18 bits per heavy atom. The quantitative estimate of drug-likeness (QED) is 0.808. The van der Waals surface area contributed by atoms with Crippen LogP contribution >= 0.6 is 11.3 Å². The first-order chi connectivity index (χ1) is 10.7. The molecule has 0 aliphatic carbocycles. The molecule has 0 aromatic carbocycles. The van der Waals surface area contributed by atoms with Crippen LogP contribution in [0.15, 0.2) is 35.3 Å². The molecule has 116 valence electrons. The van der Waals surface area contributed by atoms with Gasteiger partial charge >= 0.3 is 0 Å². The first-order valence-corrected chi connectivity index (χ1v) is 8.34. The third kappa shape index (κ3) is 3.84. The van der Waals surface area contributed by atoms with Gasteiger partial charge in [0.05, 0.1) is 6.20 Å². The highest BCUT2D eigenvalue weighted by molar-refractivity contribution is 7.07. The van der Waals surface area contributed by atoms with Crippen LogP contribution in [-0.4, -0.2) is 51.7 Å². The number of thiophene rings is 1. The highest BCUT2D eigenvalue weighted by atomic mass is 32.1. The zero-order valence-electron chi connectivity index (χ0n) is 12.7. The number of aromatic nitrogens is 2. The summed E-state index contributed by atoms with van der Waals surface area (Å²) in [5.74, 6) is 0.0824. The maximum absolute atomic E-state index is 12.2. The summed E-state index contributed by atoms with van der Waals surface area (Å²) in [4.78, 5) is 16.5. The summed E-state index contributed by atoms with van der Waals surface area (Å²) in [6.07, 6.45) is 7.11. The fourth-order valence-electron chi connectivity index (χ4n) is 2.57. The maximum Gasteiger partial charge on any atom is 0.246 e. The Morgan fingerprint density at radius 1 is 1.36 bits per heavy atom. The molecular weight excluding hydrogens is 296 g/mol. The molecule has 1 aliphatic rings. The van der Waals surface area contributed by atoms with Crippen molar-refractivity contribution in [2.24, 2.45) is 7.05 Å². The molecule has 5 nitrogen and oxygen atoms in total. The zero-order chi connectivity index (χ0) is 15.4. The number of aryl methyl sites for hydroxylation is 1. The molecule has 0 unspecified atom stereocenters. The van der Waals surface area contributed by atoms with Crippen molar-refractivity contribution in [2.75, 3.05) is 26.2 Å². The van der Waals surface area contributed by atoms with Crippen molar-refractivity contribution in [2.45, 2.75) is 6.54 Å². The lowest BCUT2D eigenvalue weighted by Crippen LogP contribution is -2.47. The second-order valence-corrected chi connectivity index (χ2v) is 6.29. The molecule has 3 rings (SSSR count). The lowest BCUT2D eigenvalue weighted by molar-refractivity contribution is -0.127. The highest BCUT2D eigenvalue weighted by Gasteiger charge is 2.19.